The number of methoxy groups -OCH3 is 1. The number of fused-ring (bicyclic) bond motifs is 1. The molecule has 2 rings (SSSR count). The van der Waals surface area contributed by atoms with Gasteiger partial charge in [-0.1, -0.05) is 0 Å². The standard InChI is InChI=1S/C13H14N2O4/c1-19-13(18)7-2-3-11-9(4-7)8(6-15-11)5-10(14)12(16)17/h2-4,6,10,15H,5,14H2,1H3,(H,16,17). The number of carbonyl (C=O) groups is 2. The Morgan fingerprint density at radius 1 is 1.47 bits per heavy atom. The van der Waals surface area contributed by atoms with Gasteiger partial charge in [-0.2, -0.15) is 0 Å². The number of carboxylic acid groups (broad SMARTS) is 1. The van der Waals surface area contributed by atoms with Gasteiger partial charge < -0.3 is 20.6 Å². The summed E-state index contributed by atoms with van der Waals surface area (Å²) >= 11 is 0. The molecule has 100 valence electrons. The van der Waals surface area contributed by atoms with Gasteiger partial charge in [0, 0.05) is 23.5 Å². The van der Waals surface area contributed by atoms with Gasteiger partial charge in [-0.05, 0) is 23.8 Å². The molecule has 0 bridgehead atoms. The van der Waals surface area contributed by atoms with Crippen molar-refractivity contribution in [2.24, 2.45) is 5.73 Å². The number of H-pyrrole nitrogens is 1. The number of esters is 1. The zero-order valence-corrected chi connectivity index (χ0v) is 10.3. The maximum Gasteiger partial charge on any atom is 0.337 e. The number of hydrogen-bond acceptors (Lipinski definition) is 4. The molecule has 0 aliphatic heterocycles. The van der Waals surface area contributed by atoms with Crippen LogP contribution in [0.2, 0.25) is 0 Å². The van der Waals surface area contributed by atoms with E-state index in [9.17, 15) is 9.59 Å². The lowest BCUT2D eigenvalue weighted by atomic mass is 10.0. The Morgan fingerprint density at radius 3 is 2.84 bits per heavy atom. The molecule has 1 heterocycles. The molecular weight excluding hydrogens is 248 g/mol. The number of carbonyl (C=O) groups excluding carboxylic acids is 1. The fourth-order valence-electron chi connectivity index (χ4n) is 1.92. The molecule has 0 saturated carbocycles. The summed E-state index contributed by atoms with van der Waals surface area (Å²) in [5, 5.41) is 9.60. The van der Waals surface area contributed by atoms with E-state index in [2.05, 4.69) is 9.72 Å². The summed E-state index contributed by atoms with van der Waals surface area (Å²) in [7, 11) is 1.31. The first-order chi connectivity index (χ1) is 9.02. The number of ether oxygens (including phenoxy) is 1. The number of aliphatic carboxylic acids is 1. The average Bonchev–Trinajstić information content (AvgIpc) is 2.80. The van der Waals surface area contributed by atoms with E-state index in [0.717, 1.165) is 16.5 Å². The first-order valence-corrected chi connectivity index (χ1v) is 5.69. The van der Waals surface area contributed by atoms with E-state index in [1.165, 1.54) is 7.11 Å². The molecule has 2 aromatic rings. The highest BCUT2D eigenvalue weighted by molar-refractivity contribution is 5.95. The van der Waals surface area contributed by atoms with E-state index in [0.29, 0.717) is 5.56 Å². The van der Waals surface area contributed by atoms with Crippen LogP contribution in [0.15, 0.2) is 24.4 Å². The molecular formula is C13H14N2O4. The minimum atomic E-state index is -1.06. The molecule has 0 aliphatic carbocycles. The van der Waals surface area contributed by atoms with Crippen molar-refractivity contribution in [3.8, 4) is 0 Å². The van der Waals surface area contributed by atoms with Crippen molar-refractivity contribution in [2.75, 3.05) is 7.11 Å². The van der Waals surface area contributed by atoms with E-state index in [-0.39, 0.29) is 6.42 Å². The maximum absolute atomic E-state index is 11.5. The van der Waals surface area contributed by atoms with Crippen molar-refractivity contribution < 1.29 is 19.4 Å². The van der Waals surface area contributed by atoms with E-state index >= 15 is 0 Å². The first-order valence-electron chi connectivity index (χ1n) is 5.69. The number of carboxylic acids is 1. The topological polar surface area (TPSA) is 105 Å². The number of hydrogen-bond donors (Lipinski definition) is 3. The lowest BCUT2D eigenvalue weighted by Crippen LogP contribution is -2.32. The Labute approximate surface area is 109 Å². The summed E-state index contributed by atoms with van der Waals surface area (Å²) in [5.41, 5.74) is 7.51. The quantitative estimate of drug-likeness (QED) is 0.710. The molecule has 1 unspecified atom stereocenters. The van der Waals surface area contributed by atoms with Crippen molar-refractivity contribution in [1.29, 1.82) is 0 Å². The van der Waals surface area contributed by atoms with Crippen LogP contribution in [-0.4, -0.2) is 35.2 Å². The van der Waals surface area contributed by atoms with Crippen LogP contribution in [0.25, 0.3) is 10.9 Å². The summed E-state index contributed by atoms with van der Waals surface area (Å²) < 4.78 is 4.65. The number of nitrogens with two attached hydrogens (primary N) is 1. The van der Waals surface area contributed by atoms with E-state index in [1.54, 1.807) is 24.4 Å². The average molecular weight is 262 g/mol. The summed E-state index contributed by atoms with van der Waals surface area (Å²) in [6.07, 6.45) is 1.90. The SMILES string of the molecule is COC(=O)c1ccc2[nH]cc(CC(N)C(=O)O)c2c1. The lowest BCUT2D eigenvalue weighted by molar-refractivity contribution is -0.138. The van der Waals surface area contributed by atoms with Gasteiger partial charge in [-0.3, -0.25) is 4.79 Å². The van der Waals surface area contributed by atoms with Crippen LogP contribution in [-0.2, 0) is 16.0 Å². The molecule has 1 atom stereocenters. The minimum absolute atomic E-state index is 0.194. The zero-order valence-electron chi connectivity index (χ0n) is 10.3. The highest BCUT2D eigenvalue weighted by Gasteiger charge is 2.16. The van der Waals surface area contributed by atoms with Crippen molar-refractivity contribution in [3.05, 3.63) is 35.5 Å². The molecule has 0 aliphatic rings. The van der Waals surface area contributed by atoms with Crippen LogP contribution < -0.4 is 5.73 Å². The van der Waals surface area contributed by atoms with Gasteiger partial charge in [0.25, 0.3) is 0 Å². The highest BCUT2D eigenvalue weighted by atomic mass is 16.5. The van der Waals surface area contributed by atoms with Crippen molar-refractivity contribution in [3.63, 3.8) is 0 Å². The normalized spacial score (nSPS) is 12.3. The fraction of sp³-hybridized carbons (Fsp3) is 0.231. The van der Waals surface area contributed by atoms with Crippen LogP contribution in [0.3, 0.4) is 0 Å². The van der Waals surface area contributed by atoms with Crippen LogP contribution in [0.4, 0.5) is 0 Å². The number of aromatic nitrogens is 1. The van der Waals surface area contributed by atoms with Crippen LogP contribution in [0, 0.1) is 0 Å². The van der Waals surface area contributed by atoms with Gasteiger partial charge in [0.15, 0.2) is 0 Å². The molecule has 0 saturated heterocycles. The predicted molar refractivity (Wildman–Crippen MR) is 69.0 cm³/mol. The monoisotopic (exact) mass is 262 g/mol. The molecule has 6 heteroatoms. The largest absolute Gasteiger partial charge is 0.480 e. The fourth-order valence-corrected chi connectivity index (χ4v) is 1.92. The van der Waals surface area contributed by atoms with Crippen molar-refractivity contribution in [1.82, 2.24) is 4.98 Å². The second-order valence-electron chi connectivity index (χ2n) is 4.21. The van der Waals surface area contributed by atoms with Crippen LogP contribution in [0.5, 0.6) is 0 Å². The Kier molecular flexibility index (Phi) is 3.52. The van der Waals surface area contributed by atoms with Crippen LogP contribution >= 0.6 is 0 Å². The number of rotatable bonds is 4. The van der Waals surface area contributed by atoms with E-state index in [1.807, 2.05) is 0 Å². The summed E-state index contributed by atoms with van der Waals surface area (Å²) in [6, 6.07) is 4.09. The smallest absolute Gasteiger partial charge is 0.337 e. The van der Waals surface area contributed by atoms with Gasteiger partial charge in [0.2, 0.25) is 0 Å². The molecule has 0 radical (unpaired) electrons. The summed E-state index contributed by atoms with van der Waals surface area (Å²) in [6.45, 7) is 0. The van der Waals surface area contributed by atoms with Gasteiger partial charge in [-0.25, -0.2) is 4.79 Å². The molecule has 1 aromatic heterocycles. The lowest BCUT2D eigenvalue weighted by Gasteiger charge is -2.05. The van der Waals surface area contributed by atoms with Gasteiger partial charge in [-0.15, -0.1) is 0 Å². The summed E-state index contributed by atoms with van der Waals surface area (Å²) in [4.78, 5) is 25.3. The minimum Gasteiger partial charge on any atom is -0.480 e. The molecule has 4 N–H and O–H groups in total. The second kappa shape index (κ2) is 5.11. The molecule has 1 aromatic carbocycles. The highest BCUT2D eigenvalue weighted by Crippen LogP contribution is 2.21. The molecule has 0 amide bonds. The van der Waals surface area contributed by atoms with Crippen molar-refractivity contribution >= 4 is 22.8 Å². The predicted octanol–water partition coefficient (Wildman–Crippen LogP) is 0.909. The second-order valence-corrected chi connectivity index (χ2v) is 4.21. The third-order valence-electron chi connectivity index (χ3n) is 2.95. The Hall–Kier alpha value is -2.34. The number of aromatic amines is 1. The van der Waals surface area contributed by atoms with Gasteiger partial charge in [0.05, 0.1) is 12.7 Å². The van der Waals surface area contributed by atoms with Gasteiger partial charge >= 0.3 is 11.9 Å². The molecule has 0 spiro atoms. The maximum atomic E-state index is 11.5. The Balaban J connectivity index is 2.40. The van der Waals surface area contributed by atoms with Crippen molar-refractivity contribution in [2.45, 2.75) is 12.5 Å². The van der Waals surface area contributed by atoms with Gasteiger partial charge in [0.1, 0.15) is 6.04 Å². The molecule has 6 nitrogen and oxygen atoms in total. The third kappa shape index (κ3) is 2.58. The number of benzene rings is 1. The van der Waals surface area contributed by atoms with E-state index in [4.69, 9.17) is 10.8 Å². The number of nitrogens with one attached hydrogen (secondary N) is 1. The Bertz CT molecular complexity index is 633. The summed E-state index contributed by atoms with van der Waals surface area (Å²) in [5.74, 6) is -1.49. The Morgan fingerprint density at radius 2 is 2.21 bits per heavy atom. The first kappa shape index (κ1) is 13.1. The zero-order chi connectivity index (χ0) is 14.0. The third-order valence-corrected chi connectivity index (χ3v) is 2.95. The molecule has 0 fully saturated rings. The van der Waals surface area contributed by atoms with Crippen LogP contribution in [0.1, 0.15) is 15.9 Å². The molecule has 19 heavy (non-hydrogen) atoms. The van der Waals surface area contributed by atoms with E-state index < -0.39 is 18.0 Å².